The first-order valence-electron chi connectivity index (χ1n) is 6.69. The van der Waals surface area contributed by atoms with Crippen molar-refractivity contribution in [1.29, 1.82) is 0 Å². The van der Waals surface area contributed by atoms with E-state index in [1.54, 1.807) is 11.3 Å². The Hall–Kier alpha value is -0.800. The van der Waals surface area contributed by atoms with Gasteiger partial charge in [0.25, 0.3) is 0 Å². The summed E-state index contributed by atoms with van der Waals surface area (Å²) in [5.74, 6) is 0. The van der Waals surface area contributed by atoms with E-state index in [2.05, 4.69) is 35.0 Å². The number of benzene rings is 1. The van der Waals surface area contributed by atoms with E-state index < -0.39 is 0 Å². The van der Waals surface area contributed by atoms with Crippen LogP contribution < -0.4 is 5.32 Å². The second-order valence-electron chi connectivity index (χ2n) is 5.43. The van der Waals surface area contributed by atoms with E-state index in [1.807, 2.05) is 0 Å². The molecule has 1 atom stereocenters. The standard InChI is InChI=1S/C15H18N2.BrH/c1-10-5-6-14-12(9-10)11-3-2-4-13-15(11)17(14)8-7-16-13;/h5-6,9,13,16H,2-4,7-8H2,1H3;1H. The van der Waals surface area contributed by atoms with E-state index >= 15 is 0 Å². The second kappa shape index (κ2) is 4.39. The lowest BCUT2D eigenvalue weighted by Gasteiger charge is -2.31. The van der Waals surface area contributed by atoms with Gasteiger partial charge in [-0.25, -0.2) is 0 Å². The average molecular weight is 307 g/mol. The molecule has 3 heteroatoms. The summed E-state index contributed by atoms with van der Waals surface area (Å²) in [6.07, 6.45) is 3.90. The van der Waals surface area contributed by atoms with E-state index in [0.717, 1.165) is 13.1 Å². The average Bonchev–Trinajstić information content (AvgIpc) is 2.67. The summed E-state index contributed by atoms with van der Waals surface area (Å²) in [6, 6.07) is 7.54. The second-order valence-corrected chi connectivity index (χ2v) is 5.43. The van der Waals surface area contributed by atoms with Crippen LogP contribution >= 0.6 is 17.0 Å². The topological polar surface area (TPSA) is 17.0 Å². The number of hydrogen-bond acceptors (Lipinski definition) is 1. The van der Waals surface area contributed by atoms with Crippen molar-refractivity contribution >= 4 is 27.9 Å². The molecule has 96 valence electrons. The summed E-state index contributed by atoms with van der Waals surface area (Å²) < 4.78 is 2.56. The van der Waals surface area contributed by atoms with E-state index in [4.69, 9.17) is 0 Å². The first-order valence-corrected chi connectivity index (χ1v) is 6.69. The van der Waals surface area contributed by atoms with Gasteiger partial charge >= 0.3 is 0 Å². The molecule has 0 saturated carbocycles. The Morgan fingerprint density at radius 1 is 1.33 bits per heavy atom. The van der Waals surface area contributed by atoms with Gasteiger partial charge in [-0.1, -0.05) is 11.6 Å². The number of aryl methyl sites for hydroxylation is 2. The molecule has 1 aromatic carbocycles. The molecule has 1 N–H and O–H groups in total. The molecule has 2 heterocycles. The molecule has 2 nitrogen and oxygen atoms in total. The molecule has 0 spiro atoms. The van der Waals surface area contributed by atoms with Crippen molar-refractivity contribution in [3.8, 4) is 0 Å². The van der Waals surface area contributed by atoms with Crippen LogP contribution in [0.5, 0.6) is 0 Å². The maximum atomic E-state index is 3.67. The quantitative estimate of drug-likeness (QED) is 0.788. The van der Waals surface area contributed by atoms with Gasteiger partial charge in [-0.3, -0.25) is 0 Å². The SMILES string of the molecule is Br.Cc1ccc2c(c1)c1c3n2CCNC3CCC1. The minimum atomic E-state index is 0. The summed E-state index contributed by atoms with van der Waals surface area (Å²) in [4.78, 5) is 0. The fourth-order valence-corrected chi connectivity index (χ4v) is 3.63. The van der Waals surface area contributed by atoms with Crippen molar-refractivity contribution in [2.24, 2.45) is 0 Å². The maximum Gasteiger partial charge on any atom is 0.0486 e. The molecule has 0 amide bonds. The van der Waals surface area contributed by atoms with Crippen LogP contribution in [0.25, 0.3) is 10.9 Å². The van der Waals surface area contributed by atoms with Gasteiger partial charge in [0.05, 0.1) is 0 Å². The fourth-order valence-electron chi connectivity index (χ4n) is 3.63. The van der Waals surface area contributed by atoms with Crippen molar-refractivity contribution in [3.05, 3.63) is 35.0 Å². The van der Waals surface area contributed by atoms with E-state index in [-0.39, 0.29) is 17.0 Å². The predicted octanol–water partition coefficient (Wildman–Crippen LogP) is 3.51. The van der Waals surface area contributed by atoms with E-state index in [0.29, 0.717) is 6.04 Å². The summed E-state index contributed by atoms with van der Waals surface area (Å²) in [6.45, 7) is 4.45. The number of nitrogens with one attached hydrogen (secondary N) is 1. The highest BCUT2D eigenvalue weighted by atomic mass is 79.9. The van der Waals surface area contributed by atoms with Crippen molar-refractivity contribution < 1.29 is 0 Å². The molecule has 1 unspecified atom stereocenters. The highest BCUT2D eigenvalue weighted by Gasteiger charge is 2.29. The van der Waals surface area contributed by atoms with Gasteiger partial charge in [0.15, 0.2) is 0 Å². The van der Waals surface area contributed by atoms with Crippen LogP contribution in [-0.2, 0) is 13.0 Å². The Morgan fingerprint density at radius 2 is 2.22 bits per heavy atom. The van der Waals surface area contributed by atoms with Gasteiger partial charge in [0, 0.05) is 35.7 Å². The minimum absolute atomic E-state index is 0. The van der Waals surface area contributed by atoms with Gasteiger partial charge in [-0.2, -0.15) is 0 Å². The van der Waals surface area contributed by atoms with Crippen LogP contribution in [0, 0.1) is 6.92 Å². The van der Waals surface area contributed by atoms with Crippen molar-refractivity contribution in [1.82, 2.24) is 9.88 Å². The van der Waals surface area contributed by atoms with E-state index in [9.17, 15) is 0 Å². The molecule has 1 aromatic heterocycles. The first-order chi connectivity index (χ1) is 8.34. The third-order valence-electron chi connectivity index (χ3n) is 4.34. The minimum Gasteiger partial charge on any atom is -0.342 e. The molecule has 1 aliphatic heterocycles. The molecule has 0 bridgehead atoms. The first kappa shape index (κ1) is 12.2. The van der Waals surface area contributed by atoms with Crippen LogP contribution in [0.3, 0.4) is 0 Å². The summed E-state index contributed by atoms with van der Waals surface area (Å²) in [5, 5.41) is 5.18. The lowest BCUT2D eigenvalue weighted by atomic mass is 9.90. The van der Waals surface area contributed by atoms with Crippen molar-refractivity contribution in [2.45, 2.75) is 38.8 Å². The zero-order valence-corrected chi connectivity index (χ0v) is 12.4. The molecule has 2 aliphatic rings. The number of aromatic nitrogens is 1. The maximum absolute atomic E-state index is 3.67. The van der Waals surface area contributed by atoms with Crippen molar-refractivity contribution in [3.63, 3.8) is 0 Å². The molecule has 2 aromatic rings. The molecule has 0 saturated heterocycles. The van der Waals surface area contributed by atoms with Crippen LogP contribution in [0.4, 0.5) is 0 Å². The molecular formula is C15H19BrN2. The monoisotopic (exact) mass is 306 g/mol. The number of rotatable bonds is 0. The third-order valence-corrected chi connectivity index (χ3v) is 4.34. The molecule has 18 heavy (non-hydrogen) atoms. The summed E-state index contributed by atoms with van der Waals surface area (Å²) >= 11 is 0. The van der Waals surface area contributed by atoms with Gasteiger partial charge in [0.2, 0.25) is 0 Å². The molecule has 1 aliphatic carbocycles. The number of nitrogens with zero attached hydrogens (tertiary/aromatic N) is 1. The largest absolute Gasteiger partial charge is 0.342 e. The van der Waals surface area contributed by atoms with Crippen LogP contribution in [0.2, 0.25) is 0 Å². The van der Waals surface area contributed by atoms with E-state index in [1.165, 1.54) is 35.7 Å². The zero-order chi connectivity index (χ0) is 11.4. The highest BCUT2D eigenvalue weighted by molar-refractivity contribution is 8.93. The Morgan fingerprint density at radius 3 is 3.11 bits per heavy atom. The smallest absolute Gasteiger partial charge is 0.0486 e. The lowest BCUT2D eigenvalue weighted by molar-refractivity contribution is 0.384. The molecule has 0 fully saturated rings. The van der Waals surface area contributed by atoms with Crippen LogP contribution in [0.1, 0.15) is 35.7 Å². The number of hydrogen-bond donors (Lipinski definition) is 1. The number of fused-ring (bicyclic) bond motifs is 3. The van der Waals surface area contributed by atoms with Crippen LogP contribution in [0.15, 0.2) is 18.2 Å². The highest BCUT2D eigenvalue weighted by Crippen LogP contribution is 2.38. The lowest BCUT2D eigenvalue weighted by Crippen LogP contribution is -2.35. The number of halogens is 1. The molecular weight excluding hydrogens is 288 g/mol. The van der Waals surface area contributed by atoms with Gasteiger partial charge in [-0.05, 0) is 43.9 Å². The Bertz CT molecular complexity index is 598. The summed E-state index contributed by atoms with van der Waals surface area (Å²) in [5.41, 5.74) is 6.04. The Labute approximate surface area is 118 Å². The summed E-state index contributed by atoms with van der Waals surface area (Å²) in [7, 11) is 0. The van der Waals surface area contributed by atoms with Crippen LogP contribution in [-0.4, -0.2) is 11.1 Å². The molecule has 0 radical (unpaired) electrons. The predicted molar refractivity (Wildman–Crippen MR) is 80.7 cm³/mol. The van der Waals surface area contributed by atoms with Gasteiger partial charge in [-0.15, -0.1) is 17.0 Å². The van der Waals surface area contributed by atoms with Crippen molar-refractivity contribution in [2.75, 3.05) is 6.54 Å². The Balaban J connectivity index is 0.000001000. The fraction of sp³-hybridized carbons (Fsp3) is 0.467. The molecule has 4 rings (SSSR count). The Kier molecular flexibility index (Phi) is 2.99. The third kappa shape index (κ3) is 1.57. The van der Waals surface area contributed by atoms with Gasteiger partial charge < -0.3 is 9.88 Å². The van der Waals surface area contributed by atoms with Gasteiger partial charge in [0.1, 0.15) is 0 Å². The normalized spacial score (nSPS) is 21.5. The zero-order valence-electron chi connectivity index (χ0n) is 10.7.